The molecule has 28 heavy (non-hydrogen) atoms. The fourth-order valence-electron chi connectivity index (χ4n) is 4.13. The van der Waals surface area contributed by atoms with Crippen LogP contribution in [0.5, 0.6) is 0 Å². The van der Waals surface area contributed by atoms with Gasteiger partial charge in [-0.05, 0) is 49.3 Å². The summed E-state index contributed by atoms with van der Waals surface area (Å²) in [5.74, 6) is -1.86. The van der Waals surface area contributed by atoms with E-state index in [1.165, 1.54) is 12.1 Å². The molecule has 0 saturated heterocycles. The third kappa shape index (κ3) is 4.16. The first-order chi connectivity index (χ1) is 13.4. The van der Waals surface area contributed by atoms with Crippen molar-refractivity contribution in [3.8, 4) is 0 Å². The van der Waals surface area contributed by atoms with Gasteiger partial charge < -0.3 is 15.7 Å². The van der Waals surface area contributed by atoms with Crippen molar-refractivity contribution in [2.75, 3.05) is 18.4 Å². The summed E-state index contributed by atoms with van der Waals surface area (Å²) in [6.07, 6.45) is 3.77. The van der Waals surface area contributed by atoms with E-state index in [0.717, 1.165) is 19.4 Å². The normalized spacial score (nSPS) is 26.2. The Bertz CT molecular complexity index is 805. The van der Waals surface area contributed by atoms with E-state index < -0.39 is 17.7 Å². The highest BCUT2D eigenvalue weighted by Crippen LogP contribution is 2.36. The number of amides is 2. The van der Waals surface area contributed by atoms with Crippen LogP contribution in [0.25, 0.3) is 0 Å². The molecule has 7 nitrogen and oxygen atoms in total. The van der Waals surface area contributed by atoms with Gasteiger partial charge in [-0.2, -0.15) is 0 Å². The van der Waals surface area contributed by atoms with E-state index >= 15 is 0 Å². The van der Waals surface area contributed by atoms with E-state index in [9.17, 15) is 18.8 Å². The van der Waals surface area contributed by atoms with Crippen molar-refractivity contribution < 1.29 is 23.9 Å². The van der Waals surface area contributed by atoms with Gasteiger partial charge in [-0.25, -0.2) is 4.39 Å². The molecule has 1 aliphatic heterocycles. The Hall–Kier alpha value is -2.48. The Labute approximate surface area is 162 Å². The van der Waals surface area contributed by atoms with Crippen LogP contribution in [0.1, 0.15) is 43.6 Å². The first-order valence-electron chi connectivity index (χ1n) is 9.74. The molecule has 0 spiro atoms. The maximum atomic E-state index is 13.4. The minimum absolute atomic E-state index is 0.0260. The van der Waals surface area contributed by atoms with Gasteiger partial charge in [0.15, 0.2) is 0 Å². The van der Waals surface area contributed by atoms with Crippen molar-refractivity contribution >= 4 is 23.5 Å². The van der Waals surface area contributed by atoms with Gasteiger partial charge in [0.2, 0.25) is 11.8 Å². The van der Waals surface area contributed by atoms with E-state index in [2.05, 4.69) is 10.6 Å². The van der Waals surface area contributed by atoms with Crippen LogP contribution in [0.3, 0.4) is 0 Å². The number of aliphatic carboxylic acids is 1. The van der Waals surface area contributed by atoms with Crippen LogP contribution in [-0.2, 0) is 14.4 Å². The van der Waals surface area contributed by atoms with Gasteiger partial charge in [-0.3, -0.25) is 19.3 Å². The lowest BCUT2D eigenvalue weighted by molar-refractivity contribution is -0.140. The molecule has 2 amide bonds. The molecule has 2 fully saturated rings. The molecule has 0 bridgehead atoms. The number of benzene rings is 1. The van der Waals surface area contributed by atoms with E-state index in [1.54, 1.807) is 6.07 Å². The van der Waals surface area contributed by atoms with Crippen LogP contribution >= 0.6 is 0 Å². The highest BCUT2D eigenvalue weighted by Gasteiger charge is 2.39. The number of carboxylic acids is 1. The van der Waals surface area contributed by atoms with Crippen LogP contribution in [0.4, 0.5) is 10.1 Å². The van der Waals surface area contributed by atoms with Gasteiger partial charge in [-0.1, -0.05) is 6.07 Å². The topological polar surface area (TPSA) is 98.7 Å². The average molecular weight is 389 g/mol. The molecule has 1 atom stereocenters. The second-order valence-electron chi connectivity index (χ2n) is 8.13. The molecular weight excluding hydrogens is 365 g/mol. The quantitative estimate of drug-likeness (QED) is 0.659. The zero-order valence-corrected chi connectivity index (χ0v) is 15.5. The molecule has 4 rings (SSSR count). The van der Waals surface area contributed by atoms with Crippen molar-refractivity contribution in [1.82, 2.24) is 10.2 Å². The number of nitrogens with zero attached hydrogens (tertiary/aromatic N) is 1. The third-order valence-electron chi connectivity index (χ3n) is 5.87. The number of hydrogen-bond acceptors (Lipinski definition) is 4. The van der Waals surface area contributed by atoms with Crippen molar-refractivity contribution in [2.45, 2.75) is 50.1 Å². The SMILES string of the molecule is O=C(O)CN(CC1CC1)C1CC(NC(=O)C2CC(=O)Nc3cc(F)ccc32)C1. The Morgan fingerprint density at radius 3 is 2.71 bits per heavy atom. The van der Waals surface area contributed by atoms with Crippen molar-refractivity contribution in [3.05, 3.63) is 29.6 Å². The Morgan fingerprint density at radius 1 is 1.29 bits per heavy atom. The third-order valence-corrected chi connectivity index (χ3v) is 5.87. The van der Waals surface area contributed by atoms with Gasteiger partial charge in [0.1, 0.15) is 5.82 Å². The highest BCUT2D eigenvalue weighted by molar-refractivity contribution is 6.01. The zero-order chi connectivity index (χ0) is 19.8. The minimum Gasteiger partial charge on any atom is -0.480 e. The summed E-state index contributed by atoms with van der Waals surface area (Å²) in [6.45, 7) is 0.836. The molecule has 0 aromatic heterocycles. The van der Waals surface area contributed by atoms with E-state index in [4.69, 9.17) is 5.11 Å². The van der Waals surface area contributed by atoms with Gasteiger partial charge in [0.05, 0.1) is 12.5 Å². The number of rotatable bonds is 7. The van der Waals surface area contributed by atoms with Crippen molar-refractivity contribution in [3.63, 3.8) is 0 Å². The highest BCUT2D eigenvalue weighted by atomic mass is 19.1. The lowest BCUT2D eigenvalue weighted by atomic mass is 9.83. The summed E-state index contributed by atoms with van der Waals surface area (Å²) in [5, 5.41) is 14.7. The lowest BCUT2D eigenvalue weighted by Gasteiger charge is -2.43. The number of fused-ring (bicyclic) bond motifs is 1. The smallest absolute Gasteiger partial charge is 0.317 e. The minimum atomic E-state index is -0.829. The largest absolute Gasteiger partial charge is 0.480 e. The summed E-state index contributed by atoms with van der Waals surface area (Å²) in [6, 6.07) is 4.20. The van der Waals surface area contributed by atoms with E-state index in [1.807, 2.05) is 4.90 Å². The molecule has 1 aromatic rings. The molecular formula is C20H24FN3O4. The Kier molecular flexibility index (Phi) is 5.05. The zero-order valence-electron chi connectivity index (χ0n) is 15.5. The number of nitrogens with one attached hydrogen (secondary N) is 2. The number of carbonyl (C=O) groups excluding carboxylic acids is 2. The van der Waals surface area contributed by atoms with E-state index in [-0.39, 0.29) is 36.9 Å². The predicted octanol–water partition coefficient (Wildman–Crippen LogP) is 1.70. The monoisotopic (exact) mass is 389 g/mol. The first kappa shape index (κ1) is 18.9. The summed E-state index contributed by atoms with van der Waals surface area (Å²) in [7, 11) is 0. The van der Waals surface area contributed by atoms with Gasteiger partial charge >= 0.3 is 5.97 Å². The average Bonchev–Trinajstić information content (AvgIpc) is 3.39. The van der Waals surface area contributed by atoms with Crippen LogP contribution < -0.4 is 10.6 Å². The van der Waals surface area contributed by atoms with Crippen molar-refractivity contribution in [2.24, 2.45) is 5.92 Å². The summed E-state index contributed by atoms with van der Waals surface area (Å²) in [5.41, 5.74) is 0.968. The second kappa shape index (κ2) is 7.50. The standard InChI is InChI=1S/C20H24FN3O4/c21-12-3-4-15-16(8-18(25)23-17(15)5-12)20(28)22-13-6-14(7-13)24(10-19(26)27)9-11-1-2-11/h3-5,11,13-14,16H,1-2,6-10H2,(H,22,28)(H,23,25)(H,26,27). The first-order valence-corrected chi connectivity index (χ1v) is 9.74. The summed E-state index contributed by atoms with van der Waals surface area (Å²) < 4.78 is 13.4. The molecule has 3 aliphatic rings. The molecule has 2 saturated carbocycles. The van der Waals surface area contributed by atoms with Crippen LogP contribution in [0.2, 0.25) is 0 Å². The number of hydrogen-bond donors (Lipinski definition) is 3. The molecule has 150 valence electrons. The molecule has 3 N–H and O–H groups in total. The maximum Gasteiger partial charge on any atom is 0.317 e. The fourth-order valence-corrected chi connectivity index (χ4v) is 4.13. The number of halogens is 1. The maximum absolute atomic E-state index is 13.4. The summed E-state index contributed by atoms with van der Waals surface area (Å²) in [4.78, 5) is 37.8. The molecule has 1 aromatic carbocycles. The lowest BCUT2D eigenvalue weighted by Crippen LogP contribution is -2.56. The van der Waals surface area contributed by atoms with Crippen LogP contribution in [0, 0.1) is 11.7 Å². The number of carboxylic acid groups (broad SMARTS) is 1. The van der Waals surface area contributed by atoms with Gasteiger partial charge in [0.25, 0.3) is 0 Å². The molecule has 1 unspecified atom stereocenters. The fraction of sp³-hybridized carbons (Fsp3) is 0.550. The van der Waals surface area contributed by atoms with Crippen molar-refractivity contribution in [1.29, 1.82) is 0 Å². The molecule has 8 heteroatoms. The molecule has 2 aliphatic carbocycles. The molecule has 0 radical (unpaired) electrons. The Morgan fingerprint density at radius 2 is 2.04 bits per heavy atom. The van der Waals surface area contributed by atoms with Crippen LogP contribution in [0.15, 0.2) is 18.2 Å². The Balaban J connectivity index is 1.35. The van der Waals surface area contributed by atoms with Crippen LogP contribution in [-0.4, -0.2) is 53.0 Å². The number of anilines is 1. The summed E-state index contributed by atoms with van der Waals surface area (Å²) >= 11 is 0. The van der Waals surface area contributed by atoms with E-state index in [0.29, 0.717) is 30.0 Å². The van der Waals surface area contributed by atoms with Gasteiger partial charge in [0, 0.05) is 30.7 Å². The second-order valence-corrected chi connectivity index (χ2v) is 8.13. The number of carbonyl (C=O) groups is 3. The van der Waals surface area contributed by atoms with Gasteiger partial charge in [-0.15, -0.1) is 0 Å². The molecule has 1 heterocycles. The predicted molar refractivity (Wildman–Crippen MR) is 99.3 cm³/mol.